The highest BCUT2D eigenvalue weighted by molar-refractivity contribution is 7.14. The molecule has 5 nitrogen and oxygen atoms in total. The third kappa shape index (κ3) is 4.08. The monoisotopic (exact) mass is 326 g/mol. The molecule has 0 unspecified atom stereocenters. The van der Waals surface area contributed by atoms with E-state index in [1.165, 1.54) is 13.2 Å². The van der Waals surface area contributed by atoms with E-state index in [0.29, 0.717) is 16.4 Å². The fraction of sp³-hybridized carbons (Fsp3) is 0.214. The SMILES string of the molecule is COC(=O)CCC(=O)Nc1nc(-c2ccc(F)c(F)c2)cs1. The number of thiazole rings is 1. The number of amides is 1. The van der Waals surface area contributed by atoms with Crippen LogP contribution in [-0.2, 0) is 14.3 Å². The molecule has 0 aliphatic heterocycles. The Kier molecular flexibility index (Phi) is 5.16. The first-order chi connectivity index (χ1) is 10.5. The maximum Gasteiger partial charge on any atom is 0.306 e. The van der Waals surface area contributed by atoms with E-state index < -0.39 is 17.6 Å². The number of rotatable bonds is 5. The summed E-state index contributed by atoms with van der Waals surface area (Å²) in [5, 5.41) is 4.46. The maximum atomic E-state index is 13.2. The summed E-state index contributed by atoms with van der Waals surface area (Å²) in [7, 11) is 1.25. The van der Waals surface area contributed by atoms with Crippen LogP contribution in [0, 0.1) is 11.6 Å². The van der Waals surface area contributed by atoms with Crippen LogP contribution in [0.1, 0.15) is 12.8 Å². The Balaban J connectivity index is 2.00. The van der Waals surface area contributed by atoms with Crippen LogP contribution >= 0.6 is 11.3 Å². The van der Waals surface area contributed by atoms with E-state index in [1.54, 1.807) is 5.38 Å². The summed E-state index contributed by atoms with van der Waals surface area (Å²) < 4.78 is 30.5. The van der Waals surface area contributed by atoms with Crippen LogP contribution in [0.5, 0.6) is 0 Å². The van der Waals surface area contributed by atoms with Crippen molar-refractivity contribution in [1.29, 1.82) is 0 Å². The van der Waals surface area contributed by atoms with Gasteiger partial charge in [-0.2, -0.15) is 0 Å². The van der Waals surface area contributed by atoms with E-state index in [9.17, 15) is 18.4 Å². The smallest absolute Gasteiger partial charge is 0.306 e. The molecule has 0 saturated carbocycles. The van der Waals surface area contributed by atoms with Crippen molar-refractivity contribution in [3.63, 3.8) is 0 Å². The molecule has 8 heteroatoms. The molecule has 0 spiro atoms. The highest BCUT2D eigenvalue weighted by Crippen LogP contribution is 2.26. The predicted molar refractivity (Wildman–Crippen MR) is 77.3 cm³/mol. The average molecular weight is 326 g/mol. The molecule has 0 radical (unpaired) electrons. The van der Waals surface area contributed by atoms with Crippen LogP contribution in [0.15, 0.2) is 23.6 Å². The lowest BCUT2D eigenvalue weighted by Gasteiger charge is -2.01. The summed E-state index contributed by atoms with van der Waals surface area (Å²) in [6.45, 7) is 0. The van der Waals surface area contributed by atoms with E-state index in [0.717, 1.165) is 23.5 Å². The minimum absolute atomic E-state index is 0.0211. The minimum Gasteiger partial charge on any atom is -0.469 e. The summed E-state index contributed by atoms with van der Waals surface area (Å²) in [5.74, 6) is -2.75. The number of aromatic nitrogens is 1. The number of nitrogens with zero attached hydrogens (tertiary/aromatic N) is 1. The number of methoxy groups -OCH3 is 1. The lowest BCUT2D eigenvalue weighted by atomic mass is 10.2. The standard InChI is InChI=1S/C14H12F2N2O3S/c1-21-13(20)5-4-12(19)18-14-17-11(7-22-14)8-2-3-9(15)10(16)6-8/h2-3,6-7H,4-5H2,1H3,(H,17,18,19). The van der Waals surface area contributed by atoms with Crippen molar-refractivity contribution in [3.8, 4) is 11.3 Å². The number of carbonyl (C=O) groups excluding carboxylic acids is 2. The molecule has 0 atom stereocenters. The summed E-state index contributed by atoms with van der Waals surface area (Å²) in [6, 6.07) is 3.45. The summed E-state index contributed by atoms with van der Waals surface area (Å²) >= 11 is 1.15. The fourth-order valence-electron chi connectivity index (χ4n) is 1.62. The quantitative estimate of drug-likeness (QED) is 0.858. The Labute approximate surface area is 128 Å². The summed E-state index contributed by atoms with van der Waals surface area (Å²) in [5.41, 5.74) is 0.831. The molecule has 0 saturated heterocycles. The van der Waals surface area contributed by atoms with Crippen LogP contribution < -0.4 is 5.32 Å². The molecular formula is C14H12F2N2O3S. The van der Waals surface area contributed by atoms with Crippen LogP contribution in [0.3, 0.4) is 0 Å². The third-order valence-corrected chi connectivity index (χ3v) is 3.51. The largest absolute Gasteiger partial charge is 0.469 e. The van der Waals surface area contributed by atoms with Crippen molar-refractivity contribution in [1.82, 2.24) is 4.98 Å². The van der Waals surface area contributed by atoms with Gasteiger partial charge in [0.2, 0.25) is 5.91 Å². The molecule has 1 heterocycles. The predicted octanol–water partition coefficient (Wildman–Crippen LogP) is 2.98. The molecule has 22 heavy (non-hydrogen) atoms. The molecule has 116 valence electrons. The van der Waals surface area contributed by atoms with Crippen molar-refractivity contribution in [2.45, 2.75) is 12.8 Å². The number of ether oxygens (including phenoxy) is 1. The van der Waals surface area contributed by atoms with Gasteiger partial charge in [-0.15, -0.1) is 11.3 Å². The first-order valence-corrected chi connectivity index (χ1v) is 7.15. The average Bonchev–Trinajstić information content (AvgIpc) is 2.96. The highest BCUT2D eigenvalue weighted by atomic mass is 32.1. The molecule has 1 aromatic heterocycles. The Bertz CT molecular complexity index is 703. The van der Waals surface area contributed by atoms with Crippen LogP contribution in [0.25, 0.3) is 11.3 Å². The lowest BCUT2D eigenvalue weighted by molar-refractivity contribution is -0.141. The van der Waals surface area contributed by atoms with Crippen LogP contribution in [0.4, 0.5) is 13.9 Å². The molecular weight excluding hydrogens is 314 g/mol. The van der Waals surface area contributed by atoms with Crippen molar-refractivity contribution in [2.24, 2.45) is 0 Å². The fourth-order valence-corrected chi connectivity index (χ4v) is 2.35. The number of halogens is 2. The third-order valence-electron chi connectivity index (χ3n) is 2.75. The van der Waals surface area contributed by atoms with Crippen LogP contribution in [0.2, 0.25) is 0 Å². The zero-order valence-electron chi connectivity index (χ0n) is 11.6. The van der Waals surface area contributed by atoms with Crippen molar-refractivity contribution in [3.05, 3.63) is 35.2 Å². The lowest BCUT2D eigenvalue weighted by Crippen LogP contribution is -2.13. The van der Waals surface area contributed by atoms with Gasteiger partial charge in [0.25, 0.3) is 0 Å². The number of hydrogen-bond donors (Lipinski definition) is 1. The number of hydrogen-bond acceptors (Lipinski definition) is 5. The van der Waals surface area contributed by atoms with E-state index >= 15 is 0 Å². The summed E-state index contributed by atoms with van der Waals surface area (Å²) in [4.78, 5) is 26.7. The number of benzene rings is 1. The number of anilines is 1. The van der Waals surface area contributed by atoms with Crippen LogP contribution in [-0.4, -0.2) is 24.0 Å². The van der Waals surface area contributed by atoms with Gasteiger partial charge in [0.05, 0.1) is 19.2 Å². The Morgan fingerprint density at radius 2 is 2.05 bits per heavy atom. The van der Waals surface area contributed by atoms with Gasteiger partial charge in [-0.25, -0.2) is 13.8 Å². The van der Waals surface area contributed by atoms with Crippen molar-refractivity contribution < 1.29 is 23.1 Å². The van der Waals surface area contributed by atoms with E-state index in [-0.39, 0.29) is 18.7 Å². The molecule has 0 fully saturated rings. The normalized spacial score (nSPS) is 10.3. The van der Waals surface area contributed by atoms with Gasteiger partial charge in [-0.1, -0.05) is 0 Å². The Morgan fingerprint density at radius 3 is 2.73 bits per heavy atom. The molecule has 2 rings (SSSR count). The molecule has 0 aliphatic carbocycles. The zero-order valence-corrected chi connectivity index (χ0v) is 12.4. The van der Waals surface area contributed by atoms with E-state index in [4.69, 9.17) is 0 Å². The van der Waals surface area contributed by atoms with E-state index in [1.807, 2.05) is 0 Å². The van der Waals surface area contributed by atoms with Crippen molar-refractivity contribution >= 4 is 28.3 Å². The molecule has 1 N–H and O–H groups in total. The molecule has 1 aromatic carbocycles. The second-order valence-corrected chi connectivity index (χ2v) is 5.15. The first kappa shape index (κ1) is 16.0. The zero-order chi connectivity index (χ0) is 16.1. The molecule has 1 amide bonds. The number of carbonyl (C=O) groups is 2. The second-order valence-electron chi connectivity index (χ2n) is 4.29. The van der Waals surface area contributed by atoms with E-state index in [2.05, 4.69) is 15.0 Å². The minimum atomic E-state index is -0.964. The van der Waals surface area contributed by atoms with Crippen molar-refractivity contribution in [2.75, 3.05) is 12.4 Å². The van der Waals surface area contributed by atoms with Gasteiger partial charge < -0.3 is 10.1 Å². The number of nitrogens with one attached hydrogen (secondary N) is 1. The highest BCUT2D eigenvalue weighted by Gasteiger charge is 2.11. The second kappa shape index (κ2) is 7.08. The molecule has 2 aromatic rings. The van der Waals surface area contributed by atoms with Gasteiger partial charge in [0, 0.05) is 17.4 Å². The van der Waals surface area contributed by atoms with Gasteiger partial charge >= 0.3 is 5.97 Å². The van der Waals surface area contributed by atoms with Gasteiger partial charge in [0.1, 0.15) is 0 Å². The summed E-state index contributed by atoms with van der Waals surface area (Å²) in [6.07, 6.45) is -0.0451. The van der Waals surface area contributed by atoms with Gasteiger partial charge in [-0.3, -0.25) is 9.59 Å². The Hall–Kier alpha value is -2.35. The Morgan fingerprint density at radius 1 is 1.27 bits per heavy atom. The van der Waals surface area contributed by atoms with Gasteiger partial charge in [-0.05, 0) is 18.2 Å². The maximum absolute atomic E-state index is 13.2. The molecule has 0 aliphatic rings. The number of esters is 1. The molecule has 0 bridgehead atoms. The first-order valence-electron chi connectivity index (χ1n) is 6.27. The topological polar surface area (TPSA) is 68.3 Å². The van der Waals surface area contributed by atoms with Gasteiger partial charge in [0.15, 0.2) is 16.8 Å².